The predicted molar refractivity (Wildman–Crippen MR) is 93.4 cm³/mol. The summed E-state index contributed by atoms with van der Waals surface area (Å²) in [7, 11) is 0. The van der Waals surface area contributed by atoms with E-state index in [1.165, 1.54) is 11.0 Å². The molecule has 3 aliphatic rings. The van der Waals surface area contributed by atoms with Crippen molar-refractivity contribution < 1.29 is 23.6 Å². The number of hydrogen-bond acceptors (Lipinski definition) is 5. The number of carbonyl (C=O) groups excluding carboxylic acids is 4. The van der Waals surface area contributed by atoms with Crippen LogP contribution >= 0.6 is 0 Å². The molecule has 7 nitrogen and oxygen atoms in total. The Morgan fingerprint density at radius 1 is 1.11 bits per heavy atom. The van der Waals surface area contributed by atoms with E-state index >= 15 is 0 Å². The van der Waals surface area contributed by atoms with Crippen molar-refractivity contribution in [2.75, 3.05) is 18.0 Å². The van der Waals surface area contributed by atoms with Crippen LogP contribution in [0.1, 0.15) is 41.6 Å². The second-order valence-corrected chi connectivity index (χ2v) is 7.32. The second kappa shape index (κ2) is 6.75. The van der Waals surface area contributed by atoms with Crippen LogP contribution in [-0.4, -0.2) is 48.0 Å². The monoisotopic (exact) mass is 373 g/mol. The Balaban J connectivity index is 1.56. The number of nitrogens with one attached hydrogen (secondary N) is 1. The average molecular weight is 373 g/mol. The lowest BCUT2D eigenvalue weighted by atomic mass is 9.97. The molecule has 3 aliphatic heterocycles. The van der Waals surface area contributed by atoms with E-state index in [-0.39, 0.29) is 42.7 Å². The van der Waals surface area contributed by atoms with Crippen molar-refractivity contribution in [3.8, 4) is 0 Å². The number of hydrogen-bond donors (Lipinski definition) is 1. The Morgan fingerprint density at radius 3 is 2.52 bits per heavy atom. The van der Waals surface area contributed by atoms with Gasteiger partial charge in [-0.2, -0.15) is 0 Å². The number of rotatable bonds is 3. The molecule has 0 radical (unpaired) electrons. The Labute approximate surface area is 155 Å². The Kier molecular flexibility index (Phi) is 4.41. The van der Waals surface area contributed by atoms with Crippen molar-refractivity contribution in [1.82, 2.24) is 10.2 Å². The van der Waals surface area contributed by atoms with Gasteiger partial charge in [0.15, 0.2) is 0 Å². The number of piperidine rings is 2. The molecule has 0 aliphatic carbocycles. The number of imide groups is 1. The van der Waals surface area contributed by atoms with Gasteiger partial charge in [-0.25, -0.2) is 4.39 Å². The van der Waals surface area contributed by atoms with E-state index in [1.807, 2.05) is 4.90 Å². The van der Waals surface area contributed by atoms with Gasteiger partial charge in [0.25, 0.3) is 5.91 Å². The molecule has 27 heavy (non-hydrogen) atoms. The zero-order chi connectivity index (χ0) is 19.1. The Hall–Kier alpha value is -2.77. The number of anilines is 1. The van der Waals surface area contributed by atoms with Crippen molar-refractivity contribution in [3.05, 3.63) is 29.1 Å². The van der Waals surface area contributed by atoms with Gasteiger partial charge in [0.2, 0.25) is 11.8 Å². The highest BCUT2D eigenvalue weighted by Gasteiger charge is 2.39. The molecule has 0 spiro atoms. The lowest BCUT2D eigenvalue weighted by Crippen LogP contribution is -2.52. The van der Waals surface area contributed by atoms with Gasteiger partial charge in [0.05, 0.1) is 5.69 Å². The molecule has 1 N–H and O–H groups in total. The molecule has 1 aromatic carbocycles. The number of halogens is 1. The molecule has 2 saturated heterocycles. The molecule has 0 bridgehead atoms. The third-order valence-corrected chi connectivity index (χ3v) is 5.66. The number of carbonyl (C=O) groups is 4. The molecule has 3 amide bonds. The summed E-state index contributed by atoms with van der Waals surface area (Å²) in [4.78, 5) is 50.3. The summed E-state index contributed by atoms with van der Waals surface area (Å²) in [6, 6.07) is 2.21. The first-order valence-corrected chi connectivity index (χ1v) is 9.15. The lowest BCUT2D eigenvalue weighted by Gasteiger charge is -2.32. The van der Waals surface area contributed by atoms with Gasteiger partial charge in [0.1, 0.15) is 18.1 Å². The standard InChI is InChI=1S/C19H20FN3O4/c20-14-8-13-12(7-16(14)22-5-3-11(10-24)4-6-22)9-23(19(13)27)15-1-2-17(25)21-18(15)26/h7-8,10-11,15H,1-6,9H2,(H,21,25,26). The maximum Gasteiger partial charge on any atom is 0.255 e. The fourth-order valence-electron chi connectivity index (χ4n) is 4.10. The van der Waals surface area contributed by atoms with E-state index in [9.17, 15) is 23.6 Å². The van der Waals surface area contributed by atoms with Crippen LogP contribution in [0.4, 0.5) is 10.1 Å². The van der Waals surface area contributed by atoms with Gasteiger partial charge < -0.3 is 14.6 Å². The third-order valence-electron chi connectivity index (χ3n) is 5.66. The molecule has 3 heterocycles. The van der Waals surface area contributed by atoms with Crippen molar-refractivity contribution in [2.45, 2.75) is 38.3 Å². The summed E-state index contributed by atoms with van der Waals surface area (Å²) in [6.07, 6.45) is 2.77. The SMILES string of the molecule is O=CC1CCN(c2cc3c(cc2F)C(=O)N(C2CCC(=O)NC2=O)C3)CC1. The molecule has 1 aromatic rings. The van der Waals surface area contributed by atoms with Gasteiger partial charge in [-0.05, 0) is 37.0 Å². The highest BCUT2D eigenvalue weighted by molar-refractivity contribution is 6.05. The molecule has 142 valence electrons. The summed E-state index contributed by atoms with van der Waals surface area (Å²) in [5.74, 6) is -1.67. The molecule has 0 aromatic heterocycles. The minimum absolute atomic E-state index is 0.0170. The largest absolute Gasteiger partial charge is 0.369 e. The Bertz CT molecular complexity index is 832. The first kappa shape index (κ1) is 17.6. The summed E-state index contributed by atoms with van der Waals surface area (Å²) in [6.45, 7) is 1.40. The minimum atomic E-state index is -0.711. The van der Waals surface area contributed by atoms with Crippen LogP contribution in [0.25, 0.3) is 0 Å². The fraction of sp³-hybridized carbons (Fsp3) is 0.474. The maximum atomic E-state index is 14.7. The smallest absolute Gasteiger partial charge is 0.255 e. The number of benzene rings is 1. The van der Waals surface area contributed by atoms with Gasteiger partial charge in [-0.1, -0.05) is 0 Å². The summed E-state index contributed by atoms with van der Waals surface area (Å²) >= 11 is 0. The molecule has 1 atom stereocenters. The number of fused-ring (bicyclic) bond motifs is 1. The average Bonchev–Trinajstić information content (AvgIpc) is 2.97. The van der Waals surface area contributed by atoms with Crippen molar-refractivity contribution in [3.63, 3.8) is 0 Å². The van der Waals surface area contributed by atoms with Crippen LogP contribution in [0.15, 0.2) is 12.1 Å². The van der Waals surface area contributed by atoms with E-state index in [0.29, 0.717) is 37.2 Å². The van der Waals surface area contributed by atoms with Crippen LogP contribution in [0.5, 0.6) is 0 Å². The number of nitrogens with zero attached hydrogens (tertiary/aromatic N) is 2. The van der Waals surface area contributed by atoms with Crippen molar-refractivity contribution in [1.29, 1.82) is 0 Å². The minimum Gasteiger partial charge on any atom is -0.369 e. The predicted octanol–water partition coefficient (Wildman–Crippen LogP) is 1.00. The van der Waals surface area contributed by atoms with Gasteiger partial charge in [-0.15, -0.1) is 0 Å². The van der Waals surface area contributed by atoms with E-state index < -0.39 is 17.8 Å². The van der Waals surface area contributed by atoms with Crippen LogP contribution in [-0.2, 0) is 20.9 Å². The lowest BCUT2D eigenvalue weighted by molar-refractivity contribution is -0.136. The summed E-state index contributed by atoms with van der Waals surface area (Å²) in [5, 5.41) is 2.26. The molecular formula is C19H20FN3O4. The van der Waals surface area contributed by atoms with Crippen LogP contribution in [0.3, 0.4) is 0 Å². The van der Waals surface area contributed by atoms with Crippen molar-refractivity contribution >= 4 is 29.7 Å². The molecule has 0 saturated carbocycles. The van der Waals surface area contributed by atoms with Gasteiger partial charge >= 0.3 is 0 Å². The van der Waals surface area contributed by atoms with E-state index in [1.54, 1.807) is 6.07 Å². The van der Waals surface area contributed by atoms with Gasteiger partial charge in [0, 0.05) is 37.5 Å². The first-order valence-electron chi connectivity index (χ1n) is 9.15. The molecule has 2 fully saturated rings. The third kappa shape index (κ3) is 3.09. The zero-order valence-corrected chi connectivity index (χ0v) is 14.7. The molecular weight excluding hydrogens is 353 g/mol. The molecule has 1 unspecified atom stereocenters. The van der Waals surface area contributed by atoms with E-state index in [2.05, 4.69) is 5.32 Å². The normalized spacial score (nSPS) is 23.4. The quantitative estimate of drug-likeness (QED) is 0.631. The maximum absolute atomic E-state index is 14.7. The topological polar surface area (TPSA) is 86.8 Å². The van der Waals surface area contributed by atoms with Gasteiger partial charge in [-0.3, -0.25) is 19.7 Å². The van der Waals surface area contributed by atoms with E-state index in [4.69, 9.17) is 0 Å². The first-order chi connectivity index (χ1) is 13.0. The summed E-state index contributed by atoms with van der Waals surface area (Å²) in [5.41, 5.74) is 1.37. The van der Waals surface area contributed by atoms with Crippen LogP contribution < -0.4 is 10.2 Å². The highest BCUT2D eigenvalue weighted by atomic mass is 19.1. The molecule has 8 heteroatoms. The fourth-order valence-corrected chi connectivity index (χ4v) is 4.10. The van der Waals surface area contributed by atoms with Crippen molar-refractivity contribution in [2.24, 2.45) is 5.92 Å². The zero-order valence-electron chi connectivity index (χ0n) is 14.7. The molecule has 4 rings (SSSR count). The number of aldehydes is 1. The highest BCUT2D eigenvalue weighted by Crippen LogP contribution is 2.33. The summed E-state index contributed by atoms with van der Waals surface area (Å²) < 4.78 is 14.7. The Morgan fingerprint density at radius 2 is 1.85 bits per heavy atom. The second-order valence-electron chi connectivity index (χ2n) is 7.32. The number of amides is 3. The van der Waals surface area contributed by atoms with Crippen LogP contribution in [0, 0.1) is 11.7 Å². The van der Waals surface area contributed by atoms with Crippen LogP contribution in [0.2, 0.25) is 0 Å². The van der Waals surface area contributed by atoms with E-state index in [0.717, 1.165) is 6.29 Å².